The van der Waals surface area contributed by atoms with Crippen molar-refractivity contribution in [3.05, 3.63) is 47.7 Å². The van der Waals surface area contributed by atoms with Crippen molar-refractivity contribution in [2.75, 3.05) is 25.1 Å². The molecule has 2 aliphatic rings. The third kappa shape index (κ3) is 3.51. The number of fused-ring (bicyclic) bond motifs is 1. The Bertz CT molecular complexity index is 1080. The minimum Gasteiger partial charge on any atom is -0.481 e. The van der Waals surface area contributed by atoms with Crippen molar-refractivity contribution < 1.29 is 18.3 Å². The van der Waals surface area contributed by atoms with E-state index in [1.54, 1.807) is 48.7 Å². The molecule has 0 aliphatic carbocycles. The summed E-state index contributed by atoms with van der Waals surface area (Å²) in [4.78, 5) is 16.2. The fourth-order valence-corrected chi connectivity index (χ4v) is 5.29. The van der Waals surface area contributed by atoms with E-state index < -0.39 is 21.9 Å². The van der Waals surface area contributed by atoms with Crippen LogP contribution in [0.15, 0.2) is 46.4 Å². The van der Waals surface area contributed by atoms with Crippen LogP contribution in [-0.4, -0.2) is 55.0 Å². The summed E-state index contributed by atoms with van der Waals surface area (Å²) in [6.45, 7) is 2.81. The van der Waals surface area contributed by atoms with Crippen LogP contribution in [0.3, 0.4) is 0 Å². The maximum Gasteiger partial charge on any atom is 0.307 e. The molecule has 2 unspecified atom stereocenters. The van der Waals surface area contributed by atoms with Crippen molar-refractivity contribution in [3.8, 4) is 0 Å². The first-order valence-corrected chi connectivity index (χ1v) is 11.3. The predicted molar refractivity (Wildman–Crippen MR) is 113 cm³/mol. The predicted octanol–water partition coefficient (Wildman–Crippen LogP) is 1.81. The molecule has 30 heavy (non-hydrogen) atoms. The molecule has 4 rings (SSSR count). The molecule has 2 aliphatic heterocycles. The Kier molecular flexibility index (Phi) is 5.39. The summed E-state index contributed by atoms with van der Waals surface area (Å²) < 4.78 is 28.1. The molecule has 1 saturated heterocycles. The van der Waals surface area contributed by atoms with Crippen LogP contribution >= 0.6 is 0 Å². The van der Waals surface area contributed by atoms with E-state index in [-0.39, 0.29) is 11.1 Å². The molecule has 9 nitrogen and oxygen atoms in total. The summed E-state index contributed by atoms with van der Waals surface area (Å²) in [6.07, 6.45) is 4.04. The van der Waals surface area contributed by atoms with Crippen molar-refractivity contribution in [2.24, 2.45) is 10.9 Å². The molecule has 0 bridgehead atoms. The number of aromatic nitrogens is 1. The van der Waals surface area contributed by atoms with E-state index in [1.807, 2.05) is 11.9 Å². The molecule has 1 aromatic carbocycles. The van der Waals surface area contributed by atoms with Gasteiger partial charge in [0.05, 0.1) is 10.8 Å². The van der Waals surface area contributed by atoms with Gasteiger partial charge in [-0.25, -0.2) is 22.4 Å². The second-order valence-corrected chi connectivity index (χ2v) is 9.41. The number of aliphatic carboxylic acids is 1. The van der Waals surface area contributed by atoms with Crippen LogP contribution in [0, 0.1) is 12.8 Å². The Morgan fingerprint density at radius 1 is 1.23 bits per heavy atom. The average molecular weight is 432 g/mol. The zero-order valence-corrected chi connectivity index (χ0v) is 17.7. The third-order valence-corrected chi connectivity index (χ3v) is 7.28. The second kappa shape index (κ2) is 7.86. The van der Waals surface area contributed by atoms with E-state index >= 15 is 0 Å². The van der Waals surface area contributed by atoms with Gasteiger partial charge in [0.15, 0.2) is 0 Å². The van der Waals surface area contributed by atoms with Crippen LogP contribution in [0.5, 0.6) is 0 Å². The summed E-state index contributed by atoms with van der Waals surface area (Å²) >= 11 is 0. The smallest absolute Gasteiger partial charge is 0.307 e. The molecular weight excluding hydrogens is 406 g/mol. The third-order valence-electron chi connectivity index (χ3n) is 5.60. The van der Waals surface area contributed by atoms with Crippen LogP contribution in [0.2, 0.25) is 0 Å². The number of carboxylic acid groups (broad SMARTS) is 1. The van der Waals surface area contributed by atoms with E-state index in [0.717, 1.165) is 5.56 Å². The number of benzene rings is 1. The highest BCUT2D eigenvalue weighted by Gasteiger charge is 2.36. The highest BCUT2D eigenvalue weighted by Crippen LogP contribution is 2.36. The lowest BCUT2D eigenvalue weighted by Crippen LogP contribution is -2.51. The van der Waals surface area contributed by atoms with Gasteiger partial charge in [0, 0.05) is 24.8 Å². The van der Waals surface area contributed by atoms with E-state index in [1.165, 1.54) is 10.2 Å². The maximum absolute atomic E-state index is 13.4. The summed E-state index contributed by atoms with van der Waals surface area (Å²) in [5.74, 6) is -0.893. The number of nitrogens with one attached hydrogen (secondary N) is 1. The highest BCUT2D eigenvalue weighted by atomic mass is 32.2. The Hall–Kier alpha value is -2.69. The van der Waals surface area contributed by atoms with Gasteiger partial charge >= 0.3 is 5.97 Å². The lowest BCUT2D eigenvalue weighted by atomic mass is 9.99. The number of aliphatic imine (C=N–C) groups is 1. The molecule has 2 atom stereocenters. The van der Waals surface area contributed by atoms with Crippen LogP contribution in [-0.2, 0) is 14.8 Å². The second-order valence-electron chi connectivity index (χ2n) is 7.60. The van der Waals surface area contributed by atoms with Gasteiger partial charge in [0.1, 0.15) is 18.3 Å². The number of aryl methyl sites for hydroxylation is 1. The molecule has 0 spiro atoms. The maximum atomic E-state index is 13.4. The minimum absolute atomic E-state index is 0.192. The van der Waals surface area contributed by atoms with Crippen LogP contribution in [0.25, 0.3) is 0 Å². The summed E-state index contributed by atoms with van der Waals surface area (Å²) in [5, 5.41) is 16.1. The number of anilines is 1. The number of carboxylic acids is 1. The molecule has 2 aromatic rings. The van der Waals surface area contributed by atoms with Crippen molar-refractivity contribution in [1.29, 1.82) is 0 Å². The lowest BCUT2D eigenvalue weighted by Gasteiger charge is -2.40. The molecule has 3 heterocycles. The summed E-state index contributed by atoms with van der Waals surface area (Å²) in [5.41, 5.74) is 1.69. The van der Waals surface area contributed by atoms with Gasteiger partial charge in [-0.2, -0.15) is 0 Å². The van der Waals surface area contributed by atoms with Gasteiger partial charge in [-0.1, -0.05) is 17.7 Å². The van der Waals surface area contributed by atoms with Crippen molar-refractivity contribution >= 4 is 28.1 Å². The number of carbonyl (C=O) groups is 1. The van der Waals surface area contributed by atoms with Gasteiger partial charge in [-0.05, 0) is 45.0 Å². The molecule has 0 amide bonds. The van der Waals surface area contributed by atoms with Crippen LogP contribution < -0.4 is 10.3 Å². The Morgan fingerprint density at radius 3 is 2.63 bits per heavy atom. The van der Waals surface area contributed by atoms with Gasteiger partial charge in [0.2, 0.25) is 0 Å². The highest BCUT2D eigenvalue weighted by molar-refractivity contribution is 7.90. The minimum atomic E-state index is -3.84. The lowest BCUT2D eigenvalue weighted by molar-refractivity contribution is -0.143. The average Bonchev–Trinajstić information content (AvgIpc) is 3.19. The Labute approximate surface area is 175 Å². The normalized spacial score (nSPS) is 22.1. The Balaban J connectivity index is 1.79. The van der Waals surface area contributed by atoms with Crippen molar-refractivity contribution in [1.82, 2.24) is 14.3 Å². The molecule has 10 heteroatoms. The topological polar surface area (TPSA) is 107 Å². The van der Waals surface area contributed by atoms with Gasteiger partial charge in [0.25, 0.3) is 10.0 Å². The quantitative estimate of drug-likeness (QED) is 0.743. The zero-order valence-electron chi connectivity index (χ0n) is 16.9. The molecule has 0 radical (unpaired) electrons. The fraction of sp³-hybridized carbons (Fsp3) is 0.400. The molecule has 160 valence electrons. The number of piperidine rings is 1. The van der Waals surface area contributed by atoms with Gasteiger partial charge < -0.3 is 5.11 Å². The molecular formula is C20H25N5O4S. The van der Waals surface area contributed by atoms with Crippen LogP contribution in [0.4, 0.5) is 5.82 Å². The van der Waals surface area contributed by atoms with E-state index in [9.17, 15) is 18.3 Å². The molecule has 1 fully saturated rings. The first-order chi connectivity index (χ1) is 14.3. The van der Waals surface area contributed by atoms with Crippen molar-refractivity contribution in [2.45, 2.75) is 30.8 Å². The monoisotopic (exact) mass is 431 g/mol. The number of nitrogens with zero attached hydrogens (tertiary/aromatic N) is 4. The van der Waals surface area contributed by atoms with E-state index in [0.29, 0.717) is 37.3 Å². The molecule has 1 aromatic heterocycles. The standard InChI is InChI=1S/C20H25N5O4S/c1-14-5-7-16(8-6-14)30(28,29)25-11-9-17-18(21-2)22-13-24(19(17)25)23-10-3-4-15(12-23)20(26)27/h5-9,11,13,15,18,21H,3-4,10,12H2,1-2H3,(H,26,27). The summed E-state index contributed by atoms with van der Waals surface area (Å²) in [7, 11) is -2.09. The van der Waals surface area contributed by atoms with Crippen LogP contribution in [0.1, 0.15) is 30.1 Å². The first kappa shape index (κ1) is 20.6. The summed E-state index contributed by atoms with van der Waals surface area (Å²) in [6, 6.07) is 8.45. The largest absolute Gasteiger partial charge is 0.481 e. The van der Waals surface area contributed by atoms with E-state index in [2.05, 4.69) is 10.3 Å². The zero-order chi connectivity index (χ0) is 21.5. The fourth-order valence-electron chi connectivity index (χ4n) is 3.94. The van der Waals surface area contributed by atoms with Crippen molar-refractivity contribution in [3.63, 3.8) is 0 Å². The molecule has 0 saturated carbocycles. The van der Waals surface area contributed by atoms with E-state index in [4.69, 9.17) is 0 Å². The number of hydrogen-bond donors (Lipinski definition) is 2. The first-order valence-electron chi connectivity index (χ1n) is 9.84. The SMILES string of the molecule is CNC1N=CN(N2CCCC(C(=O)O)C2)c2c1ccn2S(=O)(=O)c1ccc(C)cc1. The number of rotatable bonds is 5. The molecule has 2 N–H and O–H groups in total. The van der Waals surface area contributed by atoms with Gasteiger partial charge in [-0.15, -0.1) is 0 Å². The number of hydrogen-bond acceptors (Lipinski definition) is 7. The van der Waals surface area contributed by atoms with Gasteiger partial charge in [-0.3, -0.25) is 15.1 Å². The number of hydrazine groups is 1. The Morgan fingerprint density at radius 2 is 1.97 bits per heavy atom.